The molecule has 0 spiro atoms. The Balaban J connectivity index is 0.00000192. The summed E-state index contributed by atoms with van der Waals surface area (Å²) in [5, 5.41) is 1.02. The zero-order valence-electron chi connectivity index (χ0n) is 12.3. The van der Waals surface area contributed by atoms with E-state index >= 15 is 0 Å². The normalized spacial score (nSPS) is 17.2. The van der Waals surface area contributed by atoms with Crippen molar-refractivity contribution in [2.45, 2.75) is 25.4 Å². The van der Waals surface area contributed by atoms with E-state index in [-0.39, 0.29) is 30.9 Å². The molecule has 1 aliphatic heterocycles. The predicted molar refractivity (Wildman–Crippen MR) is 93.3 cm³/mol. The summed E-state index contributed by atoms with van der Waals surface area (Å²) in [6, 6.07) is 7.24. The standard InChI is InChI=1S/C16H16Cl2N2O2.ClH/c17-13-4-3-10(7-14(13)18)15-2-1-5-20(15)16(21)11-6-12(8-19)22-9-11;/h3-4,6-7,9,15H,1-2,5,8,19H2;1H. The molecule has 1 aromatic heterocycles. The highest BCUT2D eigenvalue weighted by Gasteiger charge is 2.31. The molecule has 23 heavy (non-hydrogen) atoms. The summed E-state index contributed by atoms with van der Waals surface area (Å²) in [4.78, 5) is 14.5. The van der Waals surface area contributed by atoms with Crippen molar-refractivity contribution in [2.24, 2.45) is 5.73 Å². The average molecular weight is 376 g/mol. The molecule has 1 aromatic carbocycles. The van der Waals surface area contributed by atoms with Gasteiger partial charge in [-0.1, -0.05) is 29.3 Å². The third-order valence-corrected chi connectivity index (χ3v) is 4.68. The van der Waals surface area contributed by atoms with Crippen LogP contribution in [0.3, 0.4) is 0 Å². The van der Waals surface area contributed by atoms with E-state index in [9.17, 15) is 4.79 Å². The van der Waals surface area contributed by atoms with E-state index in [1.54, 1.807) is 12.1 Å². The number of nitrogens with zero attached hydrogens (tertiary/aromatic N) is 1. The van der Waals surface area contributed by atoms with Gasteiger partial charge in [0.05, 0.1) is 28.2 Å². The van der Waals surface area contributed by atoms with Crippen LogP contribution in [0.15, 0.2) is 34.9 Å². The Morgan fingerprint density at radius 2 is 2.09 bits per heavy atom. The van der Waals surface area contributed by atoms with Crippen molar-refractivity contribution >= 4 is 41.5 Å². The van der Waals surface area contributed by atoms with Crippen molar-refractivity contribution in [2.75, 3.05) is 6.54 Å². The maximum absolute atomic E-state index is 12.7. The fourth-order valence-electron chi connectivity index (χ4n) is 2.84. The summed E-state index contributed by atoms with van der Waals surface area (Å²) in [5.41, 5.74) is 7.06. The topological polar surface area (TPSA) is 59.5 Å². The maximum atomic E-state index is 12.7. The second-order valence-corrected chi connectivity index (χ2v) is 6.15. The van der Waals surface area contributed by atoms with Crippen LogP contribution in [-0.4, -0.2) is 17.4 Å². The Morgan fingerprint density at radius 3 is 2.74 bits per heavy atom. The summed E-state index contributed by atoms with van der Waals surface area (Å²) in [6.07, 6.45) is 3.33. The van der Waals surface area contributed by atoms with E-state index in [4.69, 9.17) is 33.4 Å². The SMILES string of the molecule is Cl.NCc1cc(C(=O)N2CCCC2c2ccc(Cl)c(Cl)c2)co1. The molecule has 1 aliphatic rings. The Labute approximate surface area is 150 Å². The van der Waals surface area contributed by atoms with Crippen molar-refractivity contribution in [1.29, 1.82) is 0 Å². The fourth-order valence-corrected chi connectivity index (χ4v) is 3.15. The number of rotatable bonds is 3. The van der Waals surface area contributed by atoms with Gasteiger partial charge in [-0.2, -0.15) is 0 Å². The van der Waals surface area contributed by atoms with Gasteiger partial charge in [-0.3, -0.25) is 4.79 Å². The average Bonchev–Trinajstić information content (AvgIpc) is 3.18. The highest BCUT2D eigenvalue weighted by molar-refractivity contribution is 6.42. The van der Waals surface area contributed by atoms with Gasteiger partial charge < -0.3 is 15.1 Å². The first-order valence-corrected chi connectivity index (χ1v) is 7.89. The fraction of sp³-hybridized carbons (Fsp3) is 0.312. The molecule has 4 nitrogen and oxygen atoms in total. The molecule has 0 saturated carbocycles. The predicted octanol–water partition coefficient (Wildman–Crippen LogP) is 4.44. The number of benzene rings is 1. The number of halogens is 3. The molecule has 7 heteroatoms. The molecule has 0 aliphatic carbocycles. The molecule has 0 radical (unpaired) electrons. The highest BCUT2D eigenvalue weighted by Crippen LogP contribution is 2.36. The van der Waals surface area contributed by atoms with Crippen LogP contribution in [0.5, 0.6) is 0 Å². The lowest BCUT2D eigenvalue weighted by Crippen LogP contribution is -2.30. The van der Waals surface area contributed by atoms with Crippen LogP contribution < -0.4 is 5.73 Å². The van der Waals surface area contributed by atoms with E-state index < -0.39 is 0 Å². The maximum Gasteiger partial charge on any atom is 0.257 e. The molecule has 124 valence electrons. The van der Waals surface area contributed by atoms with Crippen LogP contribution >= 0.6 is 35.6 Å². The smallest absolute Gasteiger partial charge is 0.257 e. The third kappa shape index (κ3) is 3.66. The van der Waals surface area contributed by atoms with Gasteiger partial charge in [-0.25, -0.2) is 0 Å². The molecule has 0 bridgehead atoms. The molecule has 1 atom stereocenters. The van der Waals surface area contributed by atoms with Gasteiger partial charge in [0.2, 0.25) is 0 Å². The van der Waals surface area contributed by atoms with Crippen LogP contribution in [0.1, 0.15) is 40.6 Å². The molecular formula is C16H17Cl3N2O2. The van der Waals surface area contributed by atoms with Crippen molar-refractivity contribution < 1.29 is 9.21 Å². The molecule has 1 fully saturated rings. The molecule has 2 N–H and O–H groups in total. The number of nitrogens with two attached hydrogens (primary N) is 1. The monoisotopic (exact) mass is 374 g/mol. The van der Waals surface area contributed by atoms with E-state index in [0.29, 0.717) is 27.9 Å². The third-order valence-electron chi connectivity index (χ3n) is 3.94. The van der Waals surface area contributed by atoms with Crippen LogP contribution in [0, 0.1) is 0 Å². The van der Waals surface area contributed by atoms with E-state index in [2.05, 4.69) is 0 Å². The number of furan rings is 1. The highest BCUT2D eigenvalue weighted by atomic mass is 35.5. The Kier molecular flexibility index (Phi) is 5.98. The molecular weight excluding hydrogens is 359 g/mol. The largest absolute Gasteiger partial charge is 0.467 e. The minimum atomic E-state index is -0.0444. The van der Waals surface area contributed by atoms with Crippen molar-refractivity contribution in [3.05, 3.63) is 57.5 Å². The van der Waals surface area contributed by atoms with Gasteiger partial charge in [0.1, 0.15) is 12.0 Å². The van der Waals surface area contributed by atoms with Crippen LogP contribution in [-0.2, 0) is 6.54 Å². The zero-order chi connectivity index (χ0) is 15.7. The second-order valence-electron chi connectivity index (χ2n) is 5.34. The minimum Gasteiger partial charge on any atom is -0.467 e. The molecule has 1 unspecified atom stereocenters. The zero-order valence-corrected chi connectivity index (χ0v) is 14.6. The van der Waals surface area contributed by atoms with Gasteiger partial charge in [-0.05, 0) is 36.6 Å². The summed E-state index contributed by atoms with van der Waals surface area (Å²) in [6.45, 7) is 0.996. The Bertz CT molecular complexity index is 702. The molecule has 1 saturated heterocycles. The van der Waals surface area contributed by atoms with Gasteiger partial charge in [0.25, 0.3) is 5.91 Å². The van der Waals surface area contributed by atoms with E-state index in [1.807, 2.05) is 17.0 Å². The van der Waals surface area contributed by atoms with Crippen LogP contribution in [0.2, 0.25) is 10.0 Å². The lowest BCUT2D eigenvalue weighted by Gasteiger charge is -2.25. The number of carbonyl (C=O) groups is 1. The van der Waals surface area contributed by atoms with Crippen molar-refractivity contribution in [1.82, 2.24) is 4.90 Å². The summed E-state index contributed by atoms with van der Waals surface area (Å²) in [7, 11) is 0. The first-order valence-electron chi connectivity index (χ1n) is 7.13. The second kappa shape index (κ2) is 7.58. The van der Waals surface area contributed by atoms with Gasteiger partial charge >= 0.3 is 0 Å². The summed E-state index contributed by atoms with van der Waals surface area (Å²) >= 11 is 12.1. The molecule has 3 rings (SSSR count). The number of hydrogen-bond donors (Lipinski definition) is 1. The quantitative estimate of drug-likeness (QED) is 0.862. The summed E-state index contributed by atoms with van der Waals surface area (Å²) < 4.78 is 5.26. The van der Waals surface area contributed by atoms with Crippen LogP contribution in [0.4, 0.5) is 0 Å². The molecule has 1 amide bonds. The van der Waals surface area contributed by atoms with E-state index in [1.165, 1.54) is 6.26 Å². The first kappa shape index (κ1) is 18.1. The number of carbonyl (C=O) groups excluding carboxylic acids is 1. The first-order chi connectivity index (χ1) is 10.6. The Hall–Kier alpha value is -1.20. The molecule has 2 aromatic rings. The van der Waals surface area contributed by atoms with Gasteiger partial charge in [-0.15, -0.1) is 12.4 Å². The summed E-state index contributed by atoms with van der Waals surface area (Å²) in [5.74, 6) is 0.561. The van der Waals surface area contributed by atoms with Crippen molar-refractivity contribution in [3.63, 3.8) is 0 Å². The van der Waals surface area contributed by atoms with Gasteiger partial charge in [0.15, 0.2) is 0 Å². The lowest BCUT2D eigenvalue weighted by atomic mass is 10.0. The number of likely N-dealkylation sites (tertiary alicyclic amines) is 1. The van der Waals surface area contributed by atoms with E-state index in [0.717, 1.165) is 18.4 Å². The van der Waals surface area contributed by atoms with Gasteiger partial charge in [0, 0.05) is 6.54 Å². The lowest BCUT2D eigenvalue weighted by molar-refractivity contribution is 0.0735. The number of hydrogen-bond acceptors (Lipinski definition) is 3. The minimum absolute atomic E-state index is 0. The van der Waals surface area contributed by atoms with Crippen LogP contribution in [0.25, 0.3) is 0 Å². The molecule has 2 heterocycles. The number of amides is 1. The van der Waals surface area contributed by atoms with Crippen molar-refractivity contribution in [3.8, 4) is 0 Å². The Morgan fingerprint density at radius 1 is 1.30 bits per heavy atom.